The third-order valence-electron chi connectivity index (χ3n) is 2.99. The molecule has 5 heteroatoms. The number of rotatable bonds is 2. The molecule has 1 aromatic rings. The van der Waals surface area contributed by atoms with E-state index in [-0.39, 0.29) is 17.9 Å². The monoisotopic (exact) mass is 257 g/mol. The van der Waals surface area contributed by atoms with E-state index in [0.717, 1.165) is 22.7 Å². The molecule has 2 rings (SSSR count). The average Bonchev–Trinajstić information content (AvgIpc) is 2.84. The molecule has 2 atom stereocenters. The Morgan fingerprint density at radius 3 is 3.00 bits per heavy atom. The number of hydrogen-bond acceptors (Lipinski definition) is 4. The van der Waals surface area contributed by atoms with E-state index in [1.54, 1.807) is 13.0 Å². The summed E-state index contributed by atoms with van der Waals surface area (Å²) < 4.78 is 0. The Labute approximate surface area is 104 Å². The van der Waals surface area contributed by atoms with Crippen molar-refractivity contribution in [2.75, 3.05) is 13.1 Å². The molecule has 1 amide bonds. The summed E-state index contributed by atoms with van der Waals surface area (Å²) in [5.41, 5.74) is 0. The van der Waals surface area contributed by atoms with Crippen molar-refractivity contribution < 1.29 is 9.90 Å². The topological polar surface area (TPSA) is 40.5 Å². The number of aliphatic hydroxyl groups is 1. The lowest BCUT2D eigenvalue weighted by molar-refractivity contribution is 0.0767. The highest BCUT2D eigenvalue weighted by Crippen LogP contribution is 2.24. The van der Waals surface area contributed by atoms with Crippen LogP contribution in [0.5, 0.6) is 0 Å². The Morgan fingerprint density at radius 1 is 1.75 bits per heavy atom. The second-order valence-corrected chi connectivity index (χ2v) is 5.64. The molecule has 0 spiro atoms. The number of carbonyl (C=O) groups is 1. The molecule has 1 aromatic heterocycles. The zero-order valence-electron chi connectivity index (χ0n) is 9.09. The van der Waals surface area contributed by atoms with Gasteiger partial charge in [-0.2, -0.15) is 0 Å². The van der Waals surface area contributed by atoms with E-state index in [1.165, 1.54) is 11.3 Å². The quantitative estimate of drug-likeness (QED) is 0.794. The summed E-state index contributed by atoms with van der Waals surface area (Å²) in [4.78, 5) is 15.4. The first-order valence-corrected chi connectivity index (χ1v) is 6.65. The minimum atomic E-state index is -0.332. The zero-order valence-corrected chi connectivity index (χ0v) is 10.8. The summed E-state index contributed by atoms with van der Waals surface area (Å²) in [5, 5.41) is 11.3. The molecule has 0 saturated carbocycles. The number of thiol groups is 1. The summed E-state index contributed by atoms with van der Waals surface area (Å²) in [6.07, 6.45) is 0.560. The Kier molecular flexibility index (Phi) is 3.56. The molecule has 0 aromatic carbocycles. The maximum absolute atomic E-state index is 12.0. The van der Waals surface area contributed by atoms with Gasteiger partial charge in [0.05, 0.1) is 11.0 Å². The zero-order chi connectivity index (χ0) is 11.7. The van der Waals surface area contributed by atoms with E-state index in [9.17, 15) is 9.90 Å². The van der Waals surface area contributed by atoms with Crippen LogP contribution in [0.3, 0.4) is 0 Å². The summed E-state index contributed by atoms with van der Waals surface area (Å²) >= 11 is 5.62. The maximum atomic E-state index is 12.0. The van der Waals surface area contributed by atoms with Crippen LogP contribution in [0.2, 0.25) is 0 Å². The fourth-order valence-corrected chi connectivity index (χ4v) is 3.07. The Hall–Kier alpha value is -0.520. The van der Waals surface area contributed by atoms with Crippen LogP contribution in [0, 0.1) is 5.92 Å². The van der Waals surface area contributed by atoms with Crippen molar-refractivity contribution in [3.05, 3.63) is 16.3 Å². The van der Waals surface area contributed by atoms with Crippen molar-refractivity contribution in [1.82, 2.24) is 4.90 Å². The molecule has 1 fully saturated rings. The lowest BCUT2D eigenvalue weighted by Gasteiger charge is -2.16. The molecule has 0 aliphatic carbocycles. The number of carbonyl (C=O) groups excluding carboxylic acids is 1. The van der Waals surface area contributed by atoms with Crippen LogP contribution in [0.4, 0.5) is 0 Å². The van der Waals surface area contributed by atoms with Gasteiger partial charge in [0.2, 0.25) is 0 Å². The molecule has 1 N–H and O–H groups in total. The van der Waals surface area contributed by atoms with Gasteiger partial charge >= 0.3 is 0 Å². The van der Waals surface area contributed by atoms with Gasteiger partial charge in [-0.25, -0.2) is 0 Å². The fourth-order valence-electron chi connectivity index (χ4n) is 1.96. The van der Waals surface area contributed by atoms with Crippen molar-refractivity contribution in [3.63, 3.8) is 0 Å². The summed E-state index contributed by atoms with van der Waals surface area (Å²) in [7, 11) is 0. The molecule has 1 saturated heterocycles. The third kappa shape index (κ3) is 2.42. The van der Waals surface area contributed by atoms with Gasteiger partial charge in [-0.3, -0.25) is 4.79 Å². The van der Waals surface area contributed by atoms with Crippen molar-refractivity contribution in [2.24, 2.45) is 5.92 Å². The summed E-state index contributed by atoms with van der Waals surface area (Å²) in [6.45, 7) is 3.19. The number of nitrogens with zero attached hydrogens (tertiary/aromatic N) is 1. The standard InChI is InChI=1S/C11H15NO2S2/c1-7(13)8-2-3-12(5-8)11(14)10-4-9(15)6-16-10/h4,6-8,13,15H,2-3,5H2,1H3. The molecule has 3 nitrogen and oxygen atoms in total. The highest BCUT2D eigenvalue weighted by Gasteiger charge is 2.29. The first kappa shape index (κ1) is 12.0. The first-order valence-electron chi connectivity index (χ1n) is 5.33. The molecule has 2 unspecified atom stereocenters. The number of thiophene rings is 1. The number of likely N-dealkylation sites (tertiary alicyclic amines) is 1. The van der Waals surface area contributed by atoms with Crippen molar-refractivity contribution >= 4 is 29.9 Å². The minimum Gasteiger partial charge on any atom is -0.393 e. The maximum Gasteiger partial charge on any atom is 0.263 e. The van der Waals surface area contributed by atoms with Crippen LogP contribution in [0.15, 0.2) is 16.3 Å². The van der Waals surface area contributed by atoms with Crippen LogP contribution in [-0.2, 0) is 0 Å². The van der Waals surface area contributed by atoms with Gasteiger partial charge in [-0.15, -0.1) is 24.0 Å². The molecular weight excluding hydrogens is 242 g/mol. The second kappa shape index (κ2) is 4.77. The van der Waals surface area contributed by atoms with Crippen LogP contribution in [-0.4, -0.2) is 35.1 Å². The van der Waals surface area contributed by atoms with Gasteiger partial charge in [0.25, 0.3) is 5.91 Å². The summed E-state index contributed by atoms with van der Waals surface area (Å²) in [6, 6.07) is 1.80. The van der Waals surface area contributed by atoms with E-state index in [1.807, 2.05) is 10.3 Å². The van der Waals surface area contributed by atoms with Crippen LogP contribution >= 0.6 is 24.0 Å². The molecule has 1 aliphatic rings. The van der Waals surface area contributed by atoms with Crippen molar-refractivity contribution in [3.8, 4) is 0 Å². The SMILES string of the molecule is CC(O)C1CCN(C(=O)c2cc(S)cs2)C1. The van der Waals surface area contributed by atoms with Crippen molar-refractivity contribution in [1.29, 1.82) is 0 Å². The van der Waals surface area contributed by atoms with E-state index >= 15 is 0 Å². The fraction of sp³-hybridized carbons (Fsp3) is 0.545. The Balaban J connectivity index is 2.02. The van der Waals surface area contributed by atoms with Crippen LogP contribution in [0.1, 0.15) is 23.0 Å². The van der Waals surface area contributed by atoms with Crippen LogP contribution < -0.4 is 0 Å². The van der Waals surface area contributed by atoms with Gasteiger partial charge in [0.1, 0.15) is 0 Å². The molecule has 0 bridgehead atoms. The number of amides is 1. The predicted molar refractivity (Wildman–Crippen MR) is 67.3 cm³/mol. The molecular formula is C11H15NO2S2. The second-order valence-electron chi connectivity index (χ2n) is 4.21. The van der Waals surface area contributed by atoms with Gasteiger partial charge in [0.15, 0.2) is 0 Å². The third-order valence-corrected chi connectivity index (χ3v) is 4.34. The highest BCUT2D eigenvalue weighted by molar-refractivity contribution is 7.80. The van der Waals surface area contributed by atoms with E-state index in [4.69, 9.17) is 0 Å². The highest BCUT2D eigenvalue weighted by atomic mass is 32.1. The van der Waals surface area contributed by atoms with E-state index in [2.05, 4.69) is 12.6 Å². The molecule has 2 heterocycles. The molecule has 88 valence electrons. The van der Waals surface area contributed by atoms with E-state index < -0.39 is 0 Å². The smallest absolute Gasteiger partial charge is 0.263 e. The number of aliphatic hydroxyl groups excluding tert-OH is 1. The normalized spacial score (nSPS) is 22.4. The first-order chi connectivity index (χ1) is 7.58. The predicted octanol–water partition coefficient (Wildman–Crippen LogP) is 1.88. The van der Waals surface area contributed by atoms with Crippen molar-refractivity contribution in [2.45, 2.75) is 24.3 Å². The summed E-state index contributed by atoms with van der Waals surface area (Å²) in [5.74, 6) is 0.285. The van der Waals surface area contributed by atoms with Crippen LogP contribution in [0.25, 0.3) is 0 Å². The Bertz CT molecular complexity index is 389. The van der Waals surface area contributed by atoms with E-state index in [0.29, 0.717) is 6.54 Å². The van der Waals surface area contributed by atoms with Gasteiger partial charge < -0.3 is 10.0 Å². The van der Waals surface area contributed by atoms with Gasteiger partial charge in [-0.05, 0) is 19.4 Å². The van der Waals surface area contributed by atoms with Gasteiger partial charge in [0, 0.05) is 29.3 Å². The minimum absolute atomic E-state index is 0.0634. The largest absolute Gasteiger partial charge is 0.393 e. The van der Waals surface area contributed by atoms with Gasteiger partial charge in [-0.1, -0.05) is 0 Å². The Morgan fingerprint density at radius 2 is 2.50 bits per heavy atom. The number of hydrogen-bond donors (Lipinski definition) is 2. The average molecular weight is 257 g/mol. The molecule has 0 radical (unpaired) electrons. The lowest BCUT2D eigenvalue weighted by Crippen LogP contribution is -2.29. The lowest BCUT2D eigenvalue weighted by atomic mass is 10.0. The molecule has 1 aliphatic heterocycles. The molecule has 16 heavy (non-hydrogen) atoms.